The fraction of sp³-hybridized carbons (Fsp3) is 0.462. The van der Waals surface area contributed by atoms with Crippen molar-refractivity contribution in [2.45, 2.75) is 31.7 Å². The van der Waals surface area contributed by atoms with Gasteiger partial charge in [0.25, 0.3) is 0 Å². The molecule has 2 rings (SSSR count). The summed E-state index contributed by atoms with van der Waals surface area (Å²) >= 11 is 5.89. The summed E-state index contributed by atoms with van der Waals surface area (Å²) in [7, 11) is 0. The summed E-state index contributed by atoms with van der Waals surface area (Å²) in [4.78, 5) is 13.8. The molecule has 0 saturated heterocycles. The predicted molar refractivity (Wildman–Crippen MR) is 70.3 cm³/mol. The van der Waals surface area contributed by atoms with Crippen LogP contribution in [0.15, 0.2) is 18.2 Å². The maximum absolute atomic E-state index is 12.0. The first-order chi connectivity index (χ1) is 8.15. The van der Waals surface area contributed by atoms with E-state index in [0.29, 0.717) is 6.54 Å². The largest absolute Gasteiger partial charge is 0.326 e. The van der Waals surface area contributed by atoms with Crippen LogP contribution in [0.2, 0.25) is 0 Å². The van der Waals surface area contributed by atoms with E-state index in [9.17, 15) is 4.79 Å². The van der Waals surface area contributed by atoms with Crippen LogP contribution in [0.5, 0.6) is 0 Å². The van der Waals surface area contributed by atoms with E-state index >= 15 is 0 Å². The molecule has 3 nitrogen and oxygen atoms in total. The summed E-state index contributed by atoms with van der Waals surface area (Å²) in [5.74, 6) is -0.0261. The van der Waals surface area contributed by atoms with Crippen molar-refractivity contribution < 1.29 is 4.79 Å². The van der Waals surface area contributed by atoms with Crippen LogP contribution in [0.4, 0.5) is 5.69 Å². The summed E-state index contributed by atoms with van der Waals surface area (Å²) in [5, 5.41) is -0.484. The monoisotopic (exact) mass is 252 g/mol. The molecule has 0 radical (unpaired) electrons. The molecule has 1 aromatic rings. The van der Waals surface area contributed by atoms with E-state index in [-0.39, 0.29) is 5.91 Å². The number of carbonyl (C=O) groups is 1. The molecule has 17 heavy (non-hydrogen) atoms. The molecule has 1 aromatic carbocycles. The standard InChI is InChI=1S/C13H17ClN2O/c1-9(14)13(17)16-7-3-5-11-10(8-15)4-2-6-12(11)16/h2,4,6,9H,3,5,7-8,15H2,1H3. The number of alkyl halides is 1. The lowest BCUT2D eigenvalue weighted by Crippen LogP contribution is -2.39. The van der Waals surface area contributed by atoms with Crippen LogP contribution < -0.4 is 10.6 Å². The van der Waals surface area contributed by atoms with E-state index in [4.69, 9.17) is 17.3 Å². The number of benzene rings is 1. The third-order valence-corrected chi connectivity index (χ3v) is 3.36. The lowest BCUT2D eigenvalue weighted by molar-refractivity contribution is -0.118. The van der Waals surface area contributed by atoms with Crippen LogP contribution in [-0.4, -0.2) is 17.8 Å². The van der Waals surface area contributed by atoms with Gasteiger partial charge in [-0.15, -0.1) is 11.6 Å². The van der Waals surface area contributed by atoms with E-state index in [1.807, 2.05) is 18.2 Å². The molecular formula is C13H17ClN2O. The van der Waals surface area contributed by atoms with Gasteiger partial charge in [-0.1, -0.05) is 12.1 Å². The van der Waals surface area contributed by atoms with Crippen LogP contribution in [0, 0.1) is 0 Å². The Bertz CT molecular complexity index is 431. The Morgan fingerprint density at radius 1 is 1.59 bits per heavy atom. The van der Waals surface area contributed by atoms with Gasteiger partial charge in [-0.25, -0.2) is 0 Å². The van der Waals surface area contributed by atoms with Gasteiger partial charge in [0.1, 0.15) is 5.38 Å². The molecular weight excluding hydrogens is 236 g/mol. The molecule has 0 bridgehead atoms. The van der Waals surface area contributed by atoms with E-state index < -0.39 is 5.38 Å². The summed E-state index contributed by atoms with van der Waals surface area (Å²) in [6.45, 7) is 2.98. The Kier molecular flexibility index (Phi) is 3.69. The Labute approximate surface area is 107 Å². The number of hydrogen-bond acceptors (Lipinski definition) is 2. The first-order valence-corrected chi connectivity index (χ1v) is 6.35. The summed E-state index contributed by atoms with van der Waals surface area (Å²) in [6.07, 6.45) is 1.96. The molecule has 2 N–H and O–H groups in total. The van der Waals surface area contributed by atoms with Crippen molar-refractivity contribution in [1.29, 1.82) is 0 Å². The van der Waals surface area contributed by atoms with Gasteiger partial charge in [0.15, 0.2) is 0 Å². The van der Waals surface area contributed by atoms with Crippen LogP contribution in [0.3, 0.4) is 0 Å². The van der Waals surface area contributed by atoms with E-state index in [1.165, 1.54) is 5.56 Å². The third kappa shape index (κ3) is 2.31. The average molecular weight is 253 g/mol. The van der Waals surface area contributed by atoms with Crippen LogP contribution in [0.1, 0.15) is 24.5 Å². The number of nitrogens with zero attached hydrogens (tertiary/aromatic N) is 1. The van der Waals surface area contributed by atoms with Gasteiger partial charge in [-0.3, -0.25) is 4.79 Å². The number of fused-ring (bicyclic) bond motifs is 1. The normalized spacial score (nSPS) is 16.5. The Morgan fingerprint density at radius 2 is 2.35 bits per heavy atom. The number of hydrogen-bond donors (Lipinski definition) is 1. The lowest BCUT2D eigenvalue weighted by Gasteiger charge is -2.31. The predicted octanol–water partition coefficient (Wildman–Crippen LogP) is 2.05. The van der Waals surface area contributed by atoms with Gasteiger partial charge in [0, 0.05) is 18.8 Å². The minimum Gasteiger partial charge on any atom is -0.326 e. The molecule has 0 aromatic heterocycles. The first kappa shape index (κ1) is 12.4. The molecule has 1 unspecified atom stereocenters. The van der Waals surface area contributed by atoms with Crippen LogP contribution in [-0.2, 0) is 17.8 Å². The fourth-order valence-electron chi connectivity index (χ4n) is 2.33. The molecule has 1 heterocycles. The number of rotatable bonds is 2. The Hall–Kier alpha value is -1.06. The minimum atomic E-state index is -0.484. The van der Waals surface area contributed by atoms with Crippen LogP contribution >= 0.6 is 11.6 Å². The molecule has 1 aliphatic heterocycles. The Balaban J connectivity index is 2.41. The van der Waals surface area contributed by atoms with E-state index in [1.54, 1.807) is 11.8 Å². The topological polar surface area (TPSA) is 46.3 Å². The highest BCUT2D eigenvalue weighted by Gasteiger charge is 2.26. The van der Waals surface area contributed by atoms with E-state index in [2.05, 4.69) is 0 Å². The number of nitrogens with two attached hydrogens (primary N) is 1. The SMILES string of the molecule is CC(Cl)C(=O)N1CCCc2c(CN)cccc21. The maximum Gasteiger partial charge on any atom is 0.244 e. The summed E-state index contributed by atoms with van der Waals surface area (Å²) in [6, 6.07) is 5.95. The van der Waals surface area contributed by atoms with Crippen LogP contribution in [0.25, 0.3) is 0 Å². The molecule has 0 saturated carbocycles. The third-order valence-electron chi connectivity index (χ3n) is 3.17. The average Bonchev–Trinajstić information content (AvgIpc) is 2.36. The zero-order valence-corrected chi connectivity index (χ0v) is 10.7. The number of anilines is 1. The molecule has 92 valence electrons. The van der Waals surface area contributed by atoms with Gasteiger partial charge in [0.05, 0.1) is 0 Å². The molecule has 1 amide bonds. The van der Waals surface area contributed by atoms with Gasteiger partial charge >= 0.3 is 0 Å². The second kappa shape index (κ2) is 5.07. The van der Waals surface area contributed by atoms with E-state index in [0.717, 1.165) is 30.6 Å². The highest BCUT2D eigenvalue weighted by atomic mass is 35.5. The van der Waals surface area contributed by atoms with Crippen molar-refractivity contribution in [1.82, 2.24) is 0 Å². The van der Waals surface area contributed by atoms with Gasteiger partial charge < -0.3 is 10.6 Å². The van der Waals surface area contributed by atoms with Crippen molar-refractivity contribution in [3.63, 3.8) is 0 Å². The quantitative estimate of drug-likeness (QED) is 0.819. The fourth-order valence-corrected chi connectivity index (χ4v) is 2.45. The smallest absolute Gasteiger partial charge is 0.244 e. The van der Waals surface area contributed by atoms with Crippen molar-refractivity contribution >= 4 is 23.2 Å². The van der Waals surface area contributed by atoms with Gasteiger partial charge in [0.2, 0.25) is 5.91 Å². The maximum atomic E-state index is 12.0. The second-order valence-corrected chi connectivity index (χ2v) is 4.98. The molecule has 1 atom stereocenters. The number of carbonyl (C=O) groups excluding carboxylic acids is 1. The van der Waals surface area contributed by atoms with Gasteiger partial charge in [-0.05, 0) is 37.0 Å². The second-order valence-electron chi connectivity index (χ2n) is 4.33. The van der Waals surface area contributed by atoms with Crippen molar-refractivity contribution in [2.24, 2.45) is 5.73 Å². The molecule has 0 fully saturated rings. The summed E-state index contributed by atoms with van der Waals surface area (Å²) < 4.78 is 0. The zero-order valence-electron chi connectivity index (χ0n) is 9.95. The first-order valence-electron chi connectivity index (χ1n) is 5.91. The number of halogens is 1. The zero-order chi connectivity index (χ0) is 12.4. The lowest BCUT2D eigenvalue weighted by atomic mass is 9.96. The molecule has 0 aliphatic carbocycles. The highest BCUT2D eigenvalue weighted by Crippen LogP contribution is 2.30. The molecule has 1 aliphatic rings. The van der Waals surface area contributed by atoms with Gasteiger partial charge in [-0.2, -0.15) is 0 Å². The van der Waals surface area contributed by atoms with Crippen molar-refractivity contribution in [2.75, 3.05) is 11.4 Å². The number of amides is 1. The molecule has 0 spiro atoms. The highest BCUT2D eigenvalue weighted by molar-refractivity contribution is 6.32. The Morgan fingerprint density at radius 3 is 3.00 bits per heavy atom. The minimum absolute atomic E-state index is 0.0261. The molecule has 4 heteroatoms. The van der Waals surface area contributed by atoms with Crippen molar-refractivity contribution in [3.05, 3.63) is 29.3 Å². The summed E-state index contributed by atoms with van der Waals surface area (Å²) in [5.41, 5.74) is 9.04. The van der Waals surface area contributed by atoms with Crippen molar-refractivity contribution in [3.8, 4) is 0 Å².